The summed E-state index contributed by atoms with van der Waals surface area (Å²) in [5, 5.41) is 3.32. The van der Waals surface area contributed by atoms with Gasteiger partial charge in [0.1, 0.15) is 24.0 Å². The van der Waals surface area contributed by atoms with Crippen LogP contribution >= 0.6 is 0 Å². The topological polar surface area (TPSA) is 63.0 Å². The molecule has 1 saturated carbocycles. The summed E-state index contributed by atoms with van der Waals surface area (Å²) in [5.41, 5.74) is 0.832. The lowest BCUT2D eigenvalue weighted by Crippen LogP contribution is -2.30. The molecule has 0 saturated heterocycles. The molecule has 0 aromatic heterocycles. The molecule has 33 heavy (non-hydrogen) atoms. The average molecular weight is 450 g/mol. The smallest absolute Gasteiger partial charge is 0.185 e. The molecule has 1 N–H and O–H groups in total. The van der Waals surface area contributed by atoms with Gasteiger partial charge in [0.25, 0.3) is 0 Å². The van der Waals surface area contributed by atoms with Crippen molar-refractivity contribution >= 4 is 23.1 Å². The molecule has 2 heterocycles. The van der Waals surface area contributed by atoms with Crippen molar-refractivity contribution in [1.82, 2.24) is 0 Å². The Hall–Kier alpha value is -3.02. The molecule has 1 aromatic rings. The molecule has 1 fully saturated rings. The summed E-state index contributed by atoms with van der Waals surface area (Å²) in [6.07, 6.45) is 11.5. The van der Waals surface area contributed by atoms with Crippen LogP contribution in [0.15, 0.2) is 71.0 Å². The number of ether oxygens (including phenoxy) is 1. The predicted molar refractivity (Wildman–Crippen MR) is 132 cm³/mol. The van der Waals surface area contributed by atoms with Crippen LogP contribution in [-0.4, -0.2) is 30.1 Å². The van der Waals surface area contributed by atoms with Gasteiger partial charge in [-0.1, -0.05) is 31.2 Å². The van der Waals surface area contributed by atoms with E-state index >= 15 is 4.39 Å². The second-order valence-electron chi connectivity index (χ2n) is 8.88. The molecule has 174 valence electrons. The van der Waals surface area contributed by atoms with E-state index in [2.05, 4.69) is 23.0 Å². The number of hydrogen-bond donors (Lipinski definition) is 1. The van der Waals surface area contributed by atoms with E-state index in [1.807, 2.05) is 43.3 Å². The van der Waals surface area contributed by atoms with Gasteiger partial charge in [0.2, 0.25) is 0 Å². The van der Waals surface area contributed by atoms with E-state index in [0.29, 0.717) is 31.7 Å². The maximum absolute atomic E-state index is 15.1. The zero-order chi connectivity index (χ0) is 23.2. The first-order valence-corrected chi connectivity index (χ1v) is 11.9. The van der Waals surface area contributed by atoms with Crippen LogP contribution in [0.4, 0.5) is 10.1 Å². The van der Waals surface area contributed by atoms with Gasteiger partial charge >= 0.3 is 0 Å². The van der Waals surface area contributed by atoms with Crippen molar-refractivity contribution < 1.29 is 13.9 Å². The highest BCUT2D eigenvalue weighted by Gasteiger charge is 2.44. The molecular formula is C27H32FN3O2. The maximum Gasteiger partial charge on any atom is 0.185 e. The number of amidine groups is 2. The Kier molecular flexibility index (Phi) is 7.53. The molecule has 1 aromatic carbocycles. The summed E-state index contributed by atoms with van der Waals surface area (Å²) >= 11 is 0. The molecule has 4 rings (SSSR count). The molecular weight excluding hydrogens is 417 g/mol. The zero-order valence-corrected chi connectivity index (χ0v) is 19.2. The van der Waals surface area contributed by atoms with Gasteiger partial charge in [-0.05, 0) is 49.8 Å². The molecule has 4 atom stereocenters. The van der Waals surface area contributed by atoms with Crippen LogP contribution in [0.25, 0.3) is 0 Å². The third kappa shape index (κ3) is 5.49. The highest BCUT2D eigenvalue weighted by atomic mass is 19.1. The molecule has 1 aliphatic carbocycles. The standard InChI is InChI=1S/C27H32FN3O2/c1-3-9-23(32)25-18(4-2)16-19-10-8-15-33-21-12-7-11-20(17-21)29-24-14-6-5-13-22(28)27(30-24)31-26(19)25/h4,7-8,10-13,17-19,25-26H,2-3,5-6,9,14-16H2,1H3,(H,29,30,31)/b10-8?,22-13+. The van der Waals surface area contributed by atoms with Crippen molar-refractivity contribution in [2.45, 2.75) is 51.5 Å². The Labute approximate surface area is 195 Å². The summed E-state index contributed by atoms with van der Waals surface area (Å²) in [6, 6.07) is 7.28. The first-order valence-electron chi connectivity index (χ1n) is 11.9. The van der Waals surface area contributed by atoms with Crippen LogP contribution in [-0.2, 0) is 4.79 Å². The molecule has 5 nitrogen and oxygen atoms in total. The first-order chi connectivity index (χ1) is 16.1. The molecule has 0 amide bonds. The van der Waals surface area contributed by atoms with E-state index in [1.165, 1.54) is 0 Å². The summed E-state index contributed by atoms with van der Waals surface area (Å²) in [7, 11) is 0. The van der Waals surface area contributed by atoms with Crippen molar-refractivity contribution in [3.63, 3.8) is 0 Å². The van der Waals surface area contributed by atoms with Gasteiger partial charge in [0, 0.05) is 36.4 Å². The van der Waals surface area contributed by atoms with Gasteiger partial charge in [-0.15, -0.1) is 6.58 Å². The van der Waals surface area contributed by atoms with E-state index < -0.39 is 5.83 Å². The van der Waals surface area contributed by atoms with Crippen LogP contribution in [0.1, 0.15) is 45.4 Å². The fourth-order valence-corrected chi connectivity index (χ4v) is 4.93. The number of fused-ring (bicyclic) bond motifs is 4. The van der Waals surface area contributed by atoms with Gasteiger partial charge in [0.15, 0.2) is 11.7 Å². The zero-order valence-electron chi connectivity index (χ0n) is 19.2. The van der Waals surface area contributed by atoms with E-state index in [4.69, 9.17) is 9.73 Å². The lowest BCUT2D eigenvalue weighted by Gasteiger charge is -2.22. The van der Waals surface area contributed by atoms with Crippen molar-refractivity contribution in [2.24, 2.45) is 27.7 Å². The number of Topliss-reactive ketones (excluding diaryl/α,β-unsaturated/α-hetero) is 1. The Morgan fingerprint density at radius 3 is 3.09 bits per heavy atom. The quantitative estimate of drug-likeness (QED) is 0.569. The third-order valence-electron chi connectivity index (χ3n) is 6.50. The van der Waals surface area contributed by atoms with Crippen LogP contribution < -0.4 is 10.1 Å². The summed E-state index contributed by atoms with van der Waals surface area (Å²) in [6.45, 7) is 6.38. The lowest BCUT2D eigenvalue weighted by molar-refractivity contribution is -0.123. The number of nitrogens with zero attached hydrogens (tertiary/aromatic N) is 2. The summed E-state index contributed by atoms with van der Waals surface area (Å²) in [5.74, 6) is 0.877. The second kappa shape index (κ2) is 10.7. The molecule has 3 aliphatic rings. The second-order valence-corrected chi connectivity index (χ2v) is 8.88. The number of anilines is 1. The van der Waals surface area contributed by atoms with Crippen LogP contribution in [0.3, 0.4) is 0 Å². The SMILES string of the molecule is C=CC1CC2C=CCOc3cccc(c3)NC3=NC(=NC2C1C(=O)CCC)/C(F)=C\CCC3. The number of hydrogen-bond acceptors (Lipinski definition) is 5. The molecule has 4 bridgehead atoms. The number of carbonyl (C=O) groups excluding carboxylic acids is 1. The molecule has 6 heteroatoms. The van der Waals surface area contributed by atoms with Crippen LogP contribution in [0.5, 0.6) is 5.75 Å². The normalized spacial score (nSPS) is 28.8. The Balaban J connectivity index is 1.81. The van der Waals surface area contributed by atoms with Gasteiger partial charge in [0.05, 0.1) is 6.04 Å². The minimum absolute atomic E-state index is 0.00170. The van der Waals surface area contributed by atoms with E-state index in [0.717, 1.165) is 30.7 Å². The number of carbonyl (C=O) groups is 1. The minimum atomic E-state index is -0.426. The Bertz CT molecular complexity index is 1010. The van der Waals surface area contributed by atoms with Gasteiger partial charge in [-0.25, -0.2) is 9.38 Å². The van der Waals surface area contributed by atoms with Gasteiger partial charge in [-0.2, -0.15) is 0 Å². The average Bonchev–Trinajstić information content (AvgIpc) is 3.15. The molecule has 0 radical (unpaired) electrons. The van der Waals surface area contributed by atoms with Crippen LogP contribution in [0.2, 0.25) is 0 Å². The Morgan fingerprint density at radius 1 is 1.39 bits per heavy atom. The van der Waals surface area contributed by atoms with Crippen molar-refractivity contribution in [1.29, 1.82) is 0 Å². The number of nitrogens with one attached hydrogen (secondary N) is 1. The number of aliphatic imine (C=N–C) groups is 2. The summed E-state index contributed by atoms with van der Waals surface area (Å²) in [4.78, 5) is 22.6. The monoisotopic (exact) mass is 449 g/mol. The van der Waals surface area contributed by atoms with E-state index in [1.54, 1.807) is 6.08 Å². The fraction of sp³-hybridized carbons (Fsp3) is 0.444. The fourth-order valence-electron chi connectivity index (χ4n) is 4.93. The van der Waals surface area contributed by atoms with Gasteiger partial charge in [-0.3, -0.25) is 9.79 Å². The lowest BCUT2D eigenvalue weighted by atomic mass is 9.87. The number of ketones is 1. The summed E-state index contributed by atoms with van der Waals surface area (Å²) < 4.78 is 21.1. The van der Waals surface area contributed by atoms with E-state index in [9.17, 15) is 4.79 Å². The molecule has 0 spiro atoms. The van der Waals surface area contributed by atoms with Crippen molar-refractivity contribution in [3.8, 4) is 5.75 Å². The number of benzene rings is 1. The minimum Gasteiger partial charge on any atom is -0.489 e. The maximum atomic E-state index is 15.1. The predicted octanol–water partition coefficient (Wildman–Crippen LogP) is 6.06. The first kappa shape index (κ1) is 23.1. The number of halogens is 1. The molecule has 4 unspecified atom stereocenters. The Morgan fingerprint density at radius 2 is 2.27 bits per heavy atom. The number of allylic oxidation sites excluding steroid dienone is 2. The van der Waals surface area contributed by atoms with Gasteiger partial charge < -0.3 is 10.1 Å². The third-order valence-corrected chi connectivity index (χ3v) is 6.50. The van der Waals surface area contributed by atoms with Crippen molar-refractivity contribution in [2.75, 3.05) is 11.9 Å². The number of rotatable bonds is 4. The highest BCUT2D eigenvalue weighted by Crippen LogP contribution is 2.42. The largest absolute Gasteiger partial charge is 0.489 e. The molecule has 2 aliphatic heterocycles. The van der Waals surface area contributed by atoms with Crippen molar-refractivity contribution in [3.05, 3.63) is 61.0 Å². The van der Waals surface area contributed by atoms with E-state index in [-0.39, 0.29) is 35.4 Å². The van der Waals surface area contributed by atoms with Crippen LogP contribution in [0, 0.1) is 17.8 Å². The highest BCUT2D eigenvalue weighted by molar-refractivity contribution is 6.09.